The Hall–Kier alpha value is -2.91. The molecule has 0 aliphatic carbocycles. The van der Waals surface area contributed by atoms with Gasteiger partial charge in [0.15, 0.2) is 5.58 Å². The van der Waals surface area contributed by atoms with Gasteiger partial charge in [0.05, 0.1) is 10.4 Å². The van der Waals surface area contributed by atoms with E-state index in [4.69, 9.17) is 4.42 Å². The first-order valence-electron chi connectivity index (χ1n) is 10.2. The third-order valence-electron chi connectivity index (χ3n) is 5.75. The van der Waals surface area contributed by atoms with Crippen LogP contribution in [0.3, 0.4) is 0 Å². The number of amides is 1. The second-order valence-corrected chi connectivity index (χ2v) is 9.96. The smallest absolute Gasteiger partial charge is 0.408 e. The molecular weight excluding hydrogens is 418 g/mol. The Balaban J connectivity index is 1.38. The minimum Gasteiger partial charge on any atom is -0.408 e. The van der Waals surface area contributed by atoms with Gasteiger partial charge in [-0.1, -0.05) is 12.1 Å². The molecule has 3 aromatic rings. The van der Waals surface area contributed by atoms with Crippen LogP contribution in [-0.2, 0) is 21.9 Å². The molecule has 1 fully saturated rings. The molecule has 0 unspecified atom stereocenters. The zero-order valence-electron chi connectivity index (χ0n) is 17.5. The zero-order valence-corrected chi connectivity index (χ0v) is 18.3. The molecule has 0 bridgehead atoms. The van der Waals surface area contributed by atoms with Crippen molar-refractivity contribution in [3.8, 4) is 0 Å². The number of benzene rings is 2. The lowest BCUT2D eigenvalue weighted by Crippen LogP contribution is -2.39. The van der Waals surface area contributed by atoms with Crippen LogP contribution in [0.4, 0.5) is 5.69 Å². The first-order valence-corrected chi connectivity index (χ1v) is 11.6. The minimum atomic E-state index is -3.70. The fourth-order valence-electron chi connectivity index (χ4n) is 3.97. The van der Waals surface area contributed by atoms with E-state index in [1.54, 1.807) is 13.1 Å². The Morgan fingerprint density at radius 3 is 2.61 bits per heavy atom. The SMILES string of the molecule is Cc1cccc(NC(=O)CC2CCN(S(=O)(=O)c3ccc4c(c3)oc(=O)n4C)CC2)c1. The number of anilines is 1. The maximum Gasteiger partial charge on any atom is 0.419 e. The number of hydrogen-bond donors (Lipinski definition) is 1. The number of carbonyl (C=O) groups is 1. The van der Waals surface area contributed by atoms with Crippen molar-refractivity contribution in [1.82, 2.24) is 8.87 Å². The number of rotatable bonds is 5. The van der Waals surface area contributed by atoms with Crippen LogP contribution in [0.15, 0.2) is 56.6 Å². The van der Waals surface area contributed by atoms with Crippen molar-refractivity contribution in [3.05, 3.63) is 58.6 Å². The highest BCUT2D eigenvalue weighted by Gasteiger charge is 2.30. The van der Waals surface area contributed by atoms with Crippen LogP contribution < -0.4 is 11.1 Å². The number of sulfonamides is 1. The highest BCUT2D eigenvalue weighted by molar-refractivity contribution is 7.89. The number of fused-ring (bicyclic) bond motifs is 1. The molecule has 1 saturated heterocycles. The van der Waals surface area contributed by atoms with Crippen molar-refractivity contribution in [1.29, 1.82) is 0 Å². The van der Waals surface area contributed by atoms with Crippen LogP contribution in [0.25, 0.3) is 11.1 Å². The molecule has 4 rings (SSSR count). The average molecular weight is 444 g/mol. The van der Waals surface area contributed by atoms with Crippen LogP contribution in [0, 0.1) is 12.8 Å². The summed E-state index contributed by atoms with van der Waals surface area (Å²) in [6, 6.07) is 12.1. The van der Waals surface area contributed by atoms with E-state index >= 15 is 0 Å². The molecule has 1 aliphatic heterocycles. The Bertz CT molecular complexity index is 1280. The van der Waals surface area contributed by atoms with Crippen LogP contribution in [0.5, 0.6) is 0 Å². The van der Waals surface area contributed by atoms with Gasteiger partial charge in [-0.3, -0.25) is 9.36 Å². The topological polar surface area (TPSA) is 102 Å². The highest BCUT2D eigenvalue weighted by atomic mass is 32.2. The quantitative estimate of drug-likeness (QED) is 0.653. The summed E-state index contributed by atoms with van der Waals surface area (Å²) in [7, 11) is -2.13. The molecule has 164 valence electrons. The second kappa shape index (κ2) is 8.32. The van der Waals surface area contributed by atoms with E-state index in [0.717, 1.165) is 11.3 Å². The fourth-order valence-corrected chi connectivity index (χ4v) is 5.46. The van der Waals surface area contributed by atoms with Crippen molar-refractivity contribution in [2.75, 3.05) is 18.4 Å². The van der Waals surface area contributed by atoms with Gasteiger partial charge in [-0.2, -0.15) is 4.31 Å². The summed E-state index contributed by atoms with van der Waals surface area (Å²) in [6.45, 7) is 2.66. The van der Waals surface area contributed by atoms with Crippen molar-refractivity contribution in [2.24, 2.45) is 13.0 Å². The number of nitrogens with zero attached hydrogens (tertiary/aromatic N) is 2. The van der Waals surface area contributed by atoms with Crippen molar-refractivity contribution >= 4 is 32.7 Å². The molecule has 1 amide bonds. The normalized spacial score (nSPS) is 15.9. The molecular formula is C22H25N3O5S. The third kappa shape index (κ3) is 4.42. The van der Waals surface area contributed by atoms with Gasteiger partial charge in [0.25, 0.3) is 0 Å². The van der Waals surface area contributed by atoms with E-state index in [1.807, 2.05) is 31.2 Å². The Morgan fingerprint density at radius 1 is 1.16 bits per heavy atom. The summed E-state index contributed by atoms with van der Waals surface area (Å²) in [4.78, 5) is 24.1. The van der Waals surface area contributed by atoms with E-state index in [9.17, 15) is 18.0 Å². The Morgan fingerprint density at radius 2 is 1.90 bits per heavy atom. The summed E-state index contributed by atoms with van der Waals surface area (Å²) in [5.41, 5.74) is 2.64. The van der Waals surface area contributed by atoms with E-state index in [1.165, 1.54) is 21.0 Å². The lowest BCUT2D eigenvalue weighted by molar-refractivity contribution is -0.117. The maximum atomic E-state index is 13.0. The summed E-state index contributed by atoms with van der Waals surface area (Å²) in [6.07, 6.45) is 1.59. The largest absolute Gasteiger partial charge is 0.419 e. The first kappa shape index (κ1) is 21.3. The summed E-state index contributed by atoms with van der Waals surface area (Å²) in [5, 5.41) is 2.91. The number of carbonyl (C=O) groups excluding carboxylic acids is 1. The summed E-state index contributed by atoms with van der Waals surface area (Å²) < 4.78 is 34.0. The molecule has 0 saturated carbocycles. The molecule has 2 aromatic carbocycles. The fraction of sp³-hybridized carbons (Fsp3) is 0.364. The van der Waals surface area contributed by atoms with Crippen LogP contribution in [0.2, 0.25) is 0 Å². The highest BCUT2D eigenvalue weighted by Crippen LogP contribution is 2.27. The molecule has 0 radical (unpaired) electrons. The van der Waals surface area contributed by atoms with E-state index < -0.39 is 15.8 Å². The number of oxazole rings is 1. The predicted octanol–water partition coefficient (Wildman–Crippen LogP) is 2.87. The molecule has 9 heteroatoms. The Labute approximate surface area is 180 Å². The van der Waals surface area contributed by atoms with Crippen LogP contribution in [-0.4, -0.2) is 36.3 Å². The molecule has 2 heterocycles. The maximum absolute atomic E-state index is 13.0. The van der Waals surface area contributed by atoms with Crippen LogP contribution in [0.1, 0.15) is 24.8 Å². The number of aromatic nitrogens is 1. The molecule has 8 nitrogen and oxygen atoms in total. The monoisotopic (exact) mass is 443 g/mol. The van der Waals surface area contributed by atoms with Gasteiger partial charge in [0.1, 0.15) is 0 Å². The lowest BCUT2D eigenvalue weighted by atomic mass is 9.94. The van der Waals surface area contributed by atoms with Gasteiger partial charge in [-0.25, -0.2) is 13.2 Å². The van der Waals surface area contributed by atoms with Crippen molar-refractivity contribution in [2.45, 2.75) is 31.1 Å². The van der Waals surface area contributed by atoms with Gasteiger partial charge >= 0.3 is 5.76 Å². The van der Waals surface area contributed by atoms with Crippen LogP contribution >= 0.6 is 0 Å². The van der Waals surface area contributed by atoms with Gasteiger partial charge in [0.2, 0.25) is 15.9 Å². The first-order chi connectivity index (χ1) is 14.7. The van der Waals surface area contributed by atoms with Crippen molar-refractivity contribution in [3.63, 3.8) is 0 Å². The number of nitrogens with one attached hydrogen (secondary N) is 1. The van der Waals surface area contributed by atoms with Gasteiger partial charge in [0, 0.05) is 38.3 Å². The third-order valence-corrected chi connectivity index (χ3v) is 7.65. The van der Waals surface area contributed by atoms with E-state index in [2.05, 4.69) is 5.32 Å². The molecule has 1 N–H and O–H groups in total. The predicted molar refractivity (Wildman–Crippen MR) is 117 cm³/mol. The molecule has 1 aromatic heterocycles. The molecule has 0 atom stereocenters. The van der Waals surface area contributed by atoms with Gasteiger partial charge < -0.3 is 9.73 Å². The molecule has 0 spiro atoms. The zero-order chi connectivity index (χ0) is 22.2. The number of aryl methyl sites for hydroxylation is 2. The lowest BCUT2D eigenvalue weighted by Gasteiger charge is -2.31. The minimum absolute atomic E-state index is 0.0588. The van der Waals surface area contributed by atoms with Gasteiger partial charge in [-0.15, -0.1) is 0 Å². The number of piperidine rings is 1. The molecule has 31 heavy (non-hydrogen) atoms. The summed E-state index contributed by atoms with van der Waals surface area (Å²) >= 11 is 0. The van der Waals surface area contributed by atoms with Gasteiger partial charge in [-0.05, 0) is 55.5 Å². The van der Waals surface area contributed by atoms with E-state index in [0.29, 0.717) is 37.9 Å². The Kier molecular flexibility index (Phi) is 5.72. The standard InChI is InChI=1S/C22H25N3O5S/c1-15-4-3-5-17(12-15)23-21(26)13-16-8-10-25(11-9-16)31(28,29)18-6-7-19-20(14-18)30-22(27)24(19)2/h3-7,12,14,16H,8-11,13H2,1-2H3,(H,23,26). The van der Waals surface area contributed by atoms with Crippen molar-refractivity contribution < 1.29 is 17.6 Å². The van der Waals surface area contributed by atoms with E-state index in [-0.39, 0.29) is 22.3 Å². The molecule has 1 aliphatic rings. The average Bonchev–Trinajstić information content (AvgIpc) is 3.01. The summed E-state index contributed by atoms with van der Waals surface area (Å²) in [5.74, 6) is -0.461. The second-order valence-electron chi connectivity index (χ2n) is 8.03. The number of hydrogen-bond acceptors (Lipinski definition) is 5.